The number of carbonyl (C=O) groups excluding carboxylic acids is 1. The van der Waals surface area contributed by atoms with Crippen molar-refractivity contribution in [3.05, 3.63) is 48.2 Å². The lowest BCUT2D eigenvalue weighted by Crippen LogP contribution is -2.48. The van der Waals surface area contributed by atoms with Crippen LogP contribution >= 0.6 is 0 Å². The fourth-order valence-electron chi connectivity index (χ4n) is 3.13. The molecule has 1 aliphatic heterocycles. The fourth-order valence-corrected chi connectivity index (χ4v) is 3.13. The van der Waals surface area contributed by atoms with Crippen LogP contribution in [0.2, 0.25) is 0 Å². The molecule has 2 aromatic rings. The normalized spacial score (nSPS) is 14.5. The summed E-state index contributed by atoms with van der Waals surface area (Å²) < 4.78 is 5.44. The highest BCUT2D eigenvalue weighted by Gasteiger charge is 2.23. The number of piperazine rings is 1. The van der Waals surface area contributed by atoms with E-state index in [0.29, 0.717) is 24.7 Å². The largest absolute Gasteiger partial charge is 0.495 e. The Kier molecular flexibility index (Phi) is 5.61. The van der Waals surface area contributed by atoms with Crippen LogP contribution in [0, 0.1) is 0 Å². The van der Waals surface area contributed by atoms with Gasteiger partial charge in [-0.15, -0.1) is 0 Å². The predicted molar refractivity (Wildman–Crippen MR) is 104 cm³/mol. The van der Waals surface area contributed by atoms with Gasteiger partial charge in [0, 0.05) is 38.4 Å². The highest BCUT2D eigenvalue weighted by Crippen LogP contribution is 2.28. The molecule has 0 atom stereocenters. The number of carbonyl (C=O) groups is 1. The van der Waals surface area contributed by atoms with Gasteiger partial charge in [-0.2, -0.15) is 0 Å². The molecule has 1 fully saturated rings. The van der Waals surface area contributed by atoms with Gasteiger partial charge in [-0.3, -0.25) is 4.79 Å². The Morgan fingerprint density at radius 3 is 2.46 bits per heavy atom. The van der Waals surface area contributed by atoms with E-state index in [-0.39, 0.29) is 5.91 Å². The second-order valence-corrected chi connectivity index (χ2v) is 6.68. The van der Waals surface area contributed by atoms with Gasteiger partial charge in [0.2, 0.25) is 0 Å². The number of aromatic nitrogens is 1. The van der Waals surface area contributed by atoms with Crippen molar-refractivity contribution in [2.45, 2.75) is 19.9 Å². The Balaban J connectivity index is 1.61. The van der Waals surface area contributed by atoms with Crippen molar-refractivity contribution in [2.75, 3.05) is 43.5 Å². The maximum absolute atomic E-state index is 12.7. The van der Waals surface area contributed by atoms with E-state index in [4.69, 9.17) is 4.74 Å². The van der Waals surface area contributed by atoms with Gasteiger partial charge in [0.05, 0.1) is 18.4 Å². The molecule has 1 saturated heterocycles. The second kappa shape index (κ2) is 8.08. The Morgan fingerprint density at radius 2 is 1.85 bits per heavy atom. The van der Waals surface area contributed by atoms with E-state index in [1.54, 1.807) is 13.3 Å². The second-order valence-electron chi connectivity index (χ2n) is 6.68. The Labute approximate surface area is 154 Å². The number of pyridine rings is 1. The number of nitrogens with one attached hydrogen (secondary N) is 1. The molecule has 6 nitrogen and oxygen atoms in total. The van der Waals surface area contributed by atoms with E-state index in [1.807, 2.05) is 35.2 Å². The van der Waals surface area contributed by atoms with Crippen molar-refractivity contribution in [1.29, 1.82) is 0 Å². The van der Waals surface area contributed by atoms with Crippen molar-refractivity contribution in [3.8, 4) is 5.75 Å². The van der Waals surface area contributed by atoms with Gasteiger partial charge in [-0.1, -0.05) is 12.1 Å². The van der Waals surface area contributed by atoms with Crippen molar-refractivity contribution in [3.63, 3.8) is 0 Å². The summed E-state index contributed by atoms with van der Waals surface area (Å²) >= 11 is 0. The van der Waals surface area contributed by atoms with Gasteiger partial charge in [-0.05, 0) is 38.1 Å². The fraction of sp³-hybridized carbons (Fsp3) is 0.400. The molecule has 26 heavy (non-hydrogen) atoms. The molecule has 0 unspecified atom stereocenters. The SMILES string of the molecule is COc1ccccc1N1CCN(C(=O)c2ccc(NC(C)C)nc2)CC1. The number of hydrogen-bond acceptors (Lipinski definition) is 5. The molecule has 0 radical (unpaired) electrons. The number of nitrogens with zero attached hydrogens (tertiary/aromatic N) is 3. The van der Waals surface area contributed by atoms with Crippen LogP contribution in [-0.2, 0) is 0 Å². The lowest BCUT2D eigenvalue weighted by molar-refractivity contribution is 0.0746. The summed E-state index contributed by atoms with van der Waals surface area (Å²) in [6.45, 7) is 7.05. The standard InChI is InChI=1S/C20H26N4O2/c1-15(2)22-19-9-8-16(14-21-19)20(25)24-12-10-23(11-13-24)17-6-4-5-7-18(17)26-3/h4-9,14-15H,10-13H2,1-3H3,(H,21,22). The smallest absolute Gasteiger partial charge is 0.255 e. The highest BCUT2D eigenvalue weighted by molar-refractivity contribution is 5.94. The van der Waals surface area contributed by atoms with Crippen LogP contribution in [0.4, 0.5) is 11.5 Å². The first-order valence-electron chi connectivity index (χ1n) is 8.98. The molecule has 1 aliphatic rings. The zero-order valence-electron chi connectivity index (χ0n) is 15.6. The van der Waals surface area contributed by atoms with Crippen LogP contribution < -0.4 is 15.0 Å². The number of benzene rings is 1. The van der Waals surface area contributed by atoms with Crippen molar-refractivity contribution in [1.82, 2.24) is 9.88 Å². The van der Waals surface area contributed by atoms with Crippen LogP contribution in [0.15, 0.2) is 42.6 Å². The lowest BCUT2D eigenvalue weighted by Gasteiger charge is -2.36. The summed E-state index contributed by atoms with van der Waals surface area (Å²) in [6, 6.07) is 12.0. The third-order valence-electron chi connectivity index (χ3n) is 4.44. The average molecular weight is 354 g/mol. The topological polar surface area (TPSA) is 57.7 Å². The monoisotopic (exact) mass is 354 g/mol. The van der Waals surface area contributed by atoms with E-state index < -0.39 is 0 Å². The van der Waals surface area contributed by atoms with Crippen molar-refractivity contribution in [2.24, 2.45) is 0 Å². The van der Waals surface area contributed by atoms with E-state index in [2.05, 4.69) is 35.1 Å². The summed E-state index contributed by atoms with van der Waals surface area (Å²) in [7, 11) is 1.68. The predicted octanol–water partition coefficient (Wildman–Crippen LogP) is 2.87. The summed E-state index contributed by atoms with van der Waals surface area (Å²) in [5.74, 6) is 1.69. The average Bonchev–Trinajstić information content (AvgIpc) is 2.67. The van der Waals surface area contributed by atoms with E-state index in [1.165, 1.54) is 0 Å². The Hall–Kier alpha value is -2.76. The van der Waals surface area contributed by atoms with Crippen LogP contribution in [0.3, 0.4) is 0 Å². The zero-order valence-corrected chi connectivity index (χ0v) is 15.6. The van der Waals surface area contributed by atoms with Gasteiger partial charge < -0.3 is 19.9 Å². The Bertz CT molecular complexity index is 738. The van der Waals surface area contributed by atoms with E-state index in [0.717, 1.165) is 30.3 Å². The maximum Gasteiger partial charge on any atom is 0.255 e. The van der Waals surface area contributed by atoms with Crippen molar-refractivity contribution >= 4 is 17.4 Å². The molecule has 0 aliphatic carbocycles. The first-order valence-corrected chi connectivity index (χ1v) is 8.98. The molecule has 2 heterocycles. The molecule has 6 heteroatoms. The van der Waals surface area contributed by atoms with Gasteiger partial charge in [0.1, 0.15) is 11.6 Å². The number of ether oxygens (including phenoxy) is 1. The van der Waals surface area contributed by atoms with Crippen LogP contribution in [0.5, 0.6) is 5.75 Å². The van der Waals surface area contributed by atoms with Gasteiger partial charge in [0.25, 0.3) is 5.91 Å². The maximum atomic E-state index is 12.7. The summed E-state index contributed by atoms with van der Waals surface area (Å²) in [5.41, 5.74) is 1.71. The number of para-hydroxylation sites is 2. The molecule has 0 bridgehead atoms. The number of amides is 1. The molecule has 138 valence electrons. The van der Waals surface area contributed by atoms with Crippen LogP contribution in [0.1, 0.15) is 24.2 Å². The first-order chi connectivity index (χ1) is 12.6. The van der Waals surface area contributed by atoms with Crippen LogP contribution in [0.25, 0.3) is 0 Å². The lowest BCUT2D eigenvalue weighted by atomic mass is 10.2. The van der Waals surface area contributed by atoms with E-state index in [9.17, 15) is 4.79 Å². The van der Waals surface area contributed by atoms with Crippen molar-refractivity contribution < 1.29 is 9.53 Å². The van der Waals surface area contributed by atoms with E-state index >= 15 is 0 Å². The molecule has 1 N–H and O–H groups in total. The third-order valence-corrected chi connectivity index (χ3v) is 4.44. The number of anilines is 2. The number of methoxy groups -OCH3 is 1. The summed E-state index contributed by atoms with van der Waals surface area (Å²) in [5, 5.41) is 3.23. The number of rotatable bonds is 5. The molecular formula is C20H26N4O2. The quantitative estimate of drug-likeness (QED) is 0.895. The summed E-state index contributed by atoms with van der Waals surface area (Å²) in [6.07, 6.45) is 1.65. The van der Waals surface area contributed by atoms with Crippen LogP contribution in [-0.4, -0.2) is 55.1 Å². The minimum absolute atomic E-state index is 0.0354. The molecule has 3 rings (SSSR count). The number of hydrogen-bond donors (Lipinski definition) is 1. The minimum atomic E-state index is 0.0354. The molecule has 1 aromatic heterocycles. The third kappa shape index (κ3) is 4.07. The molecule has 0 spiro atoms. The van der Waals surface area contributed by atoms with Gasteiger partial charge in [0.15, 0.2) is 0 Å². The summed E-state index contributed by atoms with van der Waals surface area (Å²) in [4.78, 5) is 21.2. The van der Waals surface area contributed by atoms with Gasteiger partial charge in [-0.25, -0.2) is 4.98 Å². The van der Waals surface area contributed by atoms with Gasteiger partial charge >= 0.3 is 0 Å². The first kappa shape index (κ1) is 18.0. The molecule has 0 saturated carbocycles. The minimum Gasteiger partial charge on any atom is -0.495 e. The molecule has 1 amide bonds. The Morgan fingerprint density at radius 1 is 1.12 bits per heavy atom. The highest BCUT2D eigenvalue weighted by atomic mass is 16.5. The zero-order chi connectivity index (χ0) is 18.5. The molecular weight excluding hydrogens is 328 g/mol. The molecule has 1 aromatic carbocycles.